The lowest BCUT2D eigenvalue weighted by Gasteiger charge is -2.12. The molecule has 0 fully saturated rings. The van der Waals surface area contributed by atoms with Gasteiger partial charge in [0.25, 0.3) is 5.69 Å². The van der Waals surface area contributed by atoms with Crippen molar-refractivity contribution in [1.82, 2.24) is 0 Å². The predicted octanol–water partition coefficient (Wildman–Crippen LogP) is 7.70. The van der Waals surface area contributed by atoms with Gasteiger partial charge in [-0.2, -0.15) is 5.26 Å². The van der Waals surface area contributed by atoms with Gasteiger partial charge in [-0.1, -0.05) is 71.7 Å². The van der Waals surface area contributed by atoms with E-state index in [1.54, 1.807) is 24.3 Å². The lowest BCUT2D eigenvalue weighted by atomic mass is 10.0. The second kappa shape index (κ2) is 9.74. The summed E-state index contributed by atoms with van der Waals surface area (Å²) in [6.45, 7) is 0.288. The maximum absolute atomic E-state index is 11.0. The quantitative estimate of drug-likeness (QED) is 0.124. The topological polar surface area (TPSA) is 76.2 Å². The fourth-order valence-electron chi connectivity index (χ4n) is 3.42. The van der Waals surface area contributed by atoms with E-state index in [2.05, 4.69) is 6.07 Å². The van der Waals surface area contributed by atoms with Crippen molar-refractivity contribution in [3.05, 3.63) is 116 Å². The molecule has 0 heterocycles. The number of benzene rings is 4. The zero-order valence-corrected chi connectivity index (χ0v) is 18.7. The first kappa shape index (κ1) is 22.3. The van der Waals surface area contributed by atoms with Crippen LogP contribution in [0.3, 0.4) is 0 Å². The van der Waals surface area contributed by atoms with Gasteiger partial charge in [-0.25, -0.2) is 0 Å². The Morgan fingerprint density at radius 1 is 0.970 bits per heavy atom. The lowest BCUT2D eigenvalue weighted by Crippen LogP contribution is -1.97. The molecule has 0 radical (unpaired) electrons. The van der Waals surface area contributed by atoms with E-state index >= 15 is 0 Å². The summed E-state index contributed by atoms with van der Waals surface area (Å²) in [7, 11) is 0. The molecule has 0 N–H and O–H groups in total. The van der Waals surface area contributed by atoms with Crippen LogP contribution in [0, 0.1) is 21.4 Å². The minimum absolute atomic E-state index is 0.0952. The lowest BCUT2D eigenvalue weighted by molar-refractivity contribution is -0.384. The van der Waals surface area contributed by atoms with Crippen LogP contribution in [-0.4, -0.2) is 4.92 Å². The van der Waals surface area contributed by atoms with Gasteiger partial charge in [-0.05, 0) is 51.7 Å². The standard InChI is InChI=1S/C26H16Cl2N2O3/c27-24-12-18(11-22(15-29)21-6-3-7-23(14-21)30(31)32)13-25(28)26(24)33-16-17-8-9-19-4-1-2-5-20(19)10-17/h1-14H,16H2. The summed E-state index contributed by atoms with van der Waals surface area (Å²) in [6.07, 6.45) is 1.57. The van der Waals surface area contributed by atoms with E-state index < -0.39 is 4.92 Å². The fraction of sp³-hybridized carbons (Fsp3) is 0.0385. The summed E-state index contributed by atoms with van der Waals surface area (Å²) in [5.74, 6) is 0.345. The summed E-state index contributed by atoms with van der Waals surface area (Å²) in [6, 6.07) is 25.3. The zero-order chi connectivity index (χ0) is 23.4. The number of ether oxygens (including phenoxy) is 1. The van der Waals surface area contributed by atoms with Crippen molar-refractivity contribution in [2.75, 3.05) is 0 Å². The predicted molar refractivity (Wildman–Crippen MR) is 131 cm³/mol. The van der Waals surface area contributed by atoms with E-state index in [1.165, 1.54) is 18.2 Å². The van der Waals surface area contributed by atoms with Gasteiger partial charge in [-0.15, -0.1) is 0 Å². The number of non-ortho nitro benzene ring substituents is 1. The molecule has 0 aliphatic heterocycles. The smallest absolute Gasteiger partial charge is 0.270 e. The highest BCUT2D eigenvalue weighted by atomic mass is 35.5. The Morgan fingerprint density at radius 3 is 2.39 bits per heavy atom. The molecule has 0 unspecified atom stereocenters. The zero-order valence-electron chi connectivity index (χ0n) is 17.2. The van der Waals surface area contributed by atoms with Gasteiger partial charge in [0.05, 0.1) is 26.6 Å². The minimum Gasteiger partial charge on any atom is -0.486 e. The van der Waals surface area contributed by atoms with E-state index in [0.29, 0.717) is 26.9 Å². The molecular formula is C26H16Cl2N2O3. The average Bonchev–Trinajstić information content (AvgIpc) is 2.82. The fourth-order valence-corrected chi connectivity index (χ4v) is 4.03. The van der Waals surface area contributed by atoms with Crippen LogP contribution < -0.4 is 4.74 Å². The van der Waals surface area contributed by atoms with Crippen LogP contribution in [-0.2, 0) is 6.61 Å². The van der Waals surface area contributed by atoms with E-state index in [0.717, 1.165) is 16.3 Å². The molecule has 0 aromatic heterocycles. The van der Waals surface area contributed by atoms with Crippen molar-refractivity contribution in [3.8, 4) is 11.8 Å². The normalized spacial score (nSPS) is 11.2. The summed E-state index contributed by atoms with van der Waals surface area (Å²) >= 11 is 12.8. The number of allylic oxidation sites excluding steroid dienone is 1. The summed E-state index contributed by atoms with van der Waals surface area (Å²) in [5, 5.41) is 23.5. The first-order chi connectivity index (χ1) is 15.9. The minimum atomic E-state index is -0.506. The molecule has 4 aromatic carbocycles. The molecule has 5 nitrogen and oxygen atoms in total. The SMILES string of the molecule is N#CC(=Cc1cc(Cl)c(OCc2ccc3ccccc3c2)c(Cl)c1)c1cccc([N+](=O)[O-])c1. The van der Waals surface area contributed by atoms with E-state index in [1.807, 2.05) is 42.5 Å². The number of hydrogen-bond donors (Lipinski definition) is 0. The number of nitrogens with zero attached hydrogens (tertiary/aromatic N) is 2. The van der Waals surface area contributed by atoms with Gasteiger partial charge in [-0.3, -0.25) is 10.1 Å². The number of nitriles is 1. The third-order valence-corrected chi connectivity index (χ3v) is 5.58. The molecule has 0 atom stereocenters. The van der Waals surface area contributed by atoms with Crippen molar-refractivity contribution in [3.63, 3.8) is 0 Å². The molecule has 4 aromatic rings. The second-order valence-electron chi connectivity index (χ2n) is 7.26. The summed E-state index contributed by atoms with van der Waals surface area (Å²) < 4.78 is 5.89. The Labute approximate surface area is 200 Å². The molecule has 33 heavy (non-hydrogen) atoms. The molecule has 0 bridgehead atoms. The van der Waals surface area contributed by atoms with Crippen LogP contribution in [0.25, 0.3) is 22.4 Å². The molecule has 0 aliphatic carbocycles. The van der Waals surface area contributed by atoms with Gasteiger partial charge in [0, 0.05) is 12.1 Å². The Balaban J connectivity index is 1.57. The van der Waals surface area contributed by atoms with Gasteiger partial charge in [0.1, 0.15) is 6.61 Å². The highest BCUT2D eigenvalue weighted by Gasteiger charge is 2.12. The molecule has 0 aliphatic rings. The van der Waals surface area contributed by atoms with Crippen LogP contribution in [0.15, 0.2) is 78.9 Å². The van der Waals surface area contributed by atoms with Crippen molar-refractivity contribution in [2.45, 2.75) is 6.61 Å². The third-order valence-electron chi connectivity index (χ3n) is 5.02. The largest absolute Gasteiger partial charge is 0.486 e. The second-order valence-corrected chi connectivity index (χ2v) is 8.08. The van der Waals surface area contributed by atoms with Gasteiger partial charge in [0.2, 0.25) is 0 Å². The van der Waals surface area contributed by atoms with Crippen LogP contribution in [0.4, 0.5) is 5.69 Å². The maximum atomic E-state index is 11.0. The molecule has 4 rings (SSSR count). The molecular weight excluding hydrogens is 459 g/mol. The van der Waals surface area contributed by atoms with Crippen molar-refractivity contribution in [2.24, 2.45) is 0 Å². The highest BCUT2D eigenvalue weighted by molar-refractivity contribution is 6.37. The number of fused-ring (bicyclic) bond motifs is 1. The average molecular weight is 475 g/mol. The Hall–Kier alpha value is -3.85. The molecule has 162 valence electrons. The Morgan fingerprint density at radius 2 is 1.70 bits per heavy atom. The van der Waals surface area contributed by atoms with Crippen LogP contribution in [0.1, 0.15) is 16.7 Å². The van der Waals surface area contributed by atoms with Crippen LogP contribution in [0.2, 0.25) is 10.0 Å². The molecule has 0 saturated heterocycles. The number of rotatable bonds is 6. The van der Waals surface area contributed by atoms with E-state index in [9.17, 15) is 15.4 Å². The first-order valence-electron chi connectivity index (χ1n) is 9.91. The summed E-state index contributed by atoms with van der Waals surface area (Å²) in [5.41, 5.74) is 2.13. The third kappa shape index (κ3) is 5.15. The van der Waals surface area contributed by atoms with Gasteiger partial charge in [0.15, 0.2) is 5.75 Å². The Bertz CT molecular complexity index is 1420. The van der Waals surface area contributed by atoms with Crippen LogP contribution in [0.5, 0.6) is 5.75 Å². The number of nitro benzene ring substituents is 1. The van der Waals surface area contributed by atoms with Crippen LogP contribution >= 0.6 is 23.2 Å². The summed E-state index contributed by atoms with van der Waals surface area (Å²) in [4.78, 5) is 10.5. The van der Waals surface area contributed by atoms with Gasteiger partial charge >= 0.3 is 0 Å². The number of halogens is 2. The maximum Gasteiger partial charge on any atom is 0.270 e. The number of nitro groups is 1. The Kier molecular flexibility index (Phi) is 6.60. The van der Waals surface area contributed by atoms with Crippen molar-refractivity contribution >= 4 is 51.3 Å². The molecule has 0 amide bonds. The number of hydrogen-bond acceptors (Lipinski definition) is 4. The van der Waals surface area contributed by atoms with Gasteiger partial charge < -0.3 is 4.74 Å². The van der Waals surface area contributed by atoms with E-state index in [-0.39, 0.29) is 17.9 Å². The molecule has 0 spiro atoms. The van der Waals surface area contributed by atoms with E-state index in [4.69, 9.17) is 27.9 Å². The monoisotopic (exact) mass is 474 g/mol. The van der Waals surface area contributed by atoms with Crippen molar-refractivity contribution in [1.29, 1.82) is 5.26 Å². The van der Waals surface area contributed by atoms with Crippen molar-refractivity contribution < 1.29 is 9.66 Å². The highest BCUT2D eigenvalue weighted by Crippen LogP contribution is 2.36. The first-order valence-corrected chi connectivity index (χ1v) is 10.7. The molecule has 0 saturated carbocycles. The molecule has 7 heteroatoms.